The van der Waals surface area contributed by atoms with Crippen LogP contribution < -0.4 is 9.47 Å². The van der Waals surface area contributed by atoms with Crippen LogP contribution in [0.2, 0.25) is 0 Å². The Balaban J connectivity index is 1.68. The van der Waals surface area contributed by atoms with Gasteiger partial charge in [-0.1, -0.05) is 24.8 Å². The van der Waals surface area contributed by atoms with Gasteiger partial charge in [-0.05, 0) is 54.8 Å². The fraction of sp³-hybridized carbons (Fsp3) is 0.379. The van der Waals surface area contributed by atoms with E-state index in [4.69, 9.17) is 14.2 Å². The van der Waals surface area contributed by atoms with Crippen LogP contribution >= 0.6 is 0 Å². The van der Waals surface area contributed by atoms with E-state index in [9.17, 15) is 14.7 Å². The van der Waals surface area contributed by atoms with Crippen molar-refractivity contribution in [3.05, 3.63) is 77.4 Å². The van der Waals surface area contributed by atoms with Gasteiger partial charge in [-0.3, -0.25) is 14.5 Å². The van der Waals surface area contributed by atoms with Crippen molar-refractivity contribution < 1.29 is 28.9 Å². The molecule has 2 aliphatic rings. The van der Waals surface area contributed by atoms with E-state index in [0.29, 0.717) is 49.8 Å². The van der Waals surface area contributed by atoms with E-state index < -0.39 is 17.7 Å². The van der Waals surface area contributed by atoms with Crippen LogP contribution in [0.3, 0.4) is 0 Å². The number of benzene rings is 2. The third-order valence-electron chi connectivity index (χ3n) is 6.75. The molecule has 1 atom stereocenters. The van der Waals surface area contributed by atoms with Crippen molar-refractivity contribution in [1.29, 1.82) is 0 Å². The number of likely N-dealkylation sites (tertiary alicyclic amines) is 1. The number of amides is 1. The van der Waals surface area contributed by atoms with E-state index in [1.807, 2.05) is 19.1 Å². The van der Waals surface area contributed by atoms with Crippen LogP contribution in [0.5, 0.6) is 11.5 Å². The molecule has 2 saturated heterocycles. The van der Waals surface area contributed by atoms with Gasteiger partial charge in [-0.2, -0.15) is 0 Å². The zero-order chi connectivity index (χ0) is 26.4. The van der Waals surface area contributed by atoms with Gasteiger partial charge in [0.25, 0.3) is 11.7 Å². The molecule has 0 spiro atoms. The zero-order valence-corrected chi connectivity index (χ0v) is 21.4. The molecule has 8 heteroatoms. The number of morpholine rings is 1. The summed E-state index contributed by atoms with van der Waals surface area (Å²) >= 11 is 0. The molecule has 8 nitrogen and oxygen atoms in total. The second-order valence-corrected chi connectivity index (χ2v) is 9.15. The molecule has 2 heterocycles. The predicted molar refractivity (Wildman–Crippen MR) is 141 cm³/mol. The molecular formula is C29H34N2O6. The van der Waals surface area contributed by atoms with Gasteiger partial charge in [-0.25, -0.2) is 0 Å². The fourth-order valence-electron chi connectivity index (χ4n) is 4.83. The number of hydrogen-bond acceptors (Lipinski definition) is 7. The maximum Gasteiger partial charge on any atom is 0.295 e. The van der Waals surface area contributed by atoms with E-state index in [2.05, 4.69) is 11.5 Å². The van der Waals surface area contributed by atoms with Crippen molar-refractivity contribution in [2.24, 2.45) is 0 Å². The second kappa shape index (κ2) is 12.1. The lowest BCUT2D eigenvalue weighted by Crippen LogP contribution is -2.38. The first-order valence-corrected chi connectivity index (χ1v) is 12.5. The monoisotopic (exact) mass is 506 g/mol. The molecule has 1 N–H and O–H groups in total. The standard InChI is InChI=1S/C29H34N2O6/c1-4-16-37-23-9-6-21(7-10-23)26-25(27(32)22-8-11-24(35-3)20(2)19-22)28(33)29(34)31(26)13-5-12-30-14-17-36-18-15-30/h4,6-11,19,26,32H,1,5,12-18H2,2-3H3. The van der Waals surface area contributed by atoms with Gasteiger partial charge >= 0.3 is 0 Å². The van der Waals surface area contributed by atoms with Crippen LogP contribution in [-0.4, -0.2) is 79.7 Å². The normalized spacial score (nSPS) is 19.7. The Hall–Kier alpha value is -3.62. The summed E-state index contributed by atoms with van der Waals surface area (Å²) in [5, 5.41) is 11.3. The SMILES string of the molecule is C=CCOc1ccc(C2C(=C(O)c3ccc(OC)c(C)c3)C(=O)C(=O)N2CCCN2CCOCC2)cc1. The highest BCUT2D eigenvalue weighted by molar-refractivity contribution is 6.46. The van der Waals surface area contributed by atoms with Crippen LogP contribution in [0.25, 0.3) is 5.76 Å². The number of methoxy groups -OCH3 is 1. The highest BCUT2D eigenvalue weighted by Gasteiger charge is 2.45. The molecule has 4 rings (SSSR count). The van der Waals surface area contributed by atoms with E-state index in [1.54, 1.807) is 48.4 Å². The highest BCUT2D eigenvalue weighted by atomic mass is 16.5. The van der Waals surface area contributed by atoms with Crippen molar-refractivity contribution in [3.63, 3.8) is 0 Å². The fourth-order valence-corrected chi connectivity index (χ4v) is 4.83. The number of aryl methyl sites for hydroxylation is 1. The molecule has 0 bridgehead atoms. The smallest absolute Gasteiger partial charge is 0.295 e. The topological polar surface area (TPSA) is 88.5 Å². The van der Waals surface area contributed by atoms with Gasteiger partial charge in [0.05, 0.1) is 31.9 Å². The number of carbonyl (C=O) groups excluding carboxylic acids is 2. The lowest BCUT2D eigenvalue weighted by atomic mass is 9.94. The van der Waals surface area contributed by atoms with Gasteiger partial charge in [-0.15, -0.1) is 0 Å². The molecule has 2 aromatic rings. The molecule has 1 amide bonds. The largest absolute Gasteiger partial charge is 0.507 e. The van der Waals surface area contributed by atoms with Gasteiger partial charge in [0.15, 0.2) is 0 Å². The lowest BCUT2D eigenvalue weighted by Gasteiger charge is -2.29. The van der Waals surface area contributed by atoms with Gasteiger partial charge in [0.1, 0.15) is 23.9 Å². The minimum atomic E-state index is -0.708. The molecule has 1 unspecified atom stereocenters. The third kappa shape index (κ3) is 5.87. The number of Topliss-reactive ketones (excluding diaryl/α,β-unsaturated/α-hetero) is 1. The predicted octanol–water partition coefficient (Wildman–Crippen LogP) is 3.71. The molecule has 37 heavy (non-hydrogen) atoms. The quantitative estimate of drug-likeness (QED) is 0.227. The van der Waals surface area contributed by atoms with Crippen LogP contribution in [0.1, 0.15) is 29.2 Å². The van der Waals surface area contributed by atoms with E-state index >= 15 is 0 Å². The molecule has 0 radical (unpaired) electrons. The Morgan fingerprint density at radius 3 is 2.51 bits per heavy atom. The maximum absolute atomic E-state index is 13.3. The number of nitrogens with zero attached hydrogens (tertiary/aromatic N) is 2. The maximum atomic E-state index is 13.3. The lowest BCUT2D eigenvalue weighted by molar-refractivity contribution is -0.140. The van der Waals surface area contributed by atoms with Crippen molar-refractivity contribution in [2.45, 2.75) is 19.4 Å². The molecule has 0 aliphatic carbocycles. The highest BCUT2D eigenvalue weighted by Crippen LogP contribution is 2.40. The number of carbonyl (C=O) groups is 2. The summed E-state index contributed by atoms with van der Waals surface area (Å²) < 4.78 is 16.3. The van der Waals surface area contributed by atoms with Gasteiger partial charge in [0.2, 0.25) is 0 Å². The molecule has 2 aromatic carbocycles. The van der Waals surface area contributed by atoms with Crippen LogP contribution in [0, 0.1) is 6.92 Å². The molecular weight excluding hydrogens is 472 g/mol. The second-order valence-electron chi connectivity index (χ2n) is 9.15. The molecule has 2 fully saturated rings. The summed E-state index contributed by atoms with van der Waals surface area (Å²) in [6.45, 7) is 10.2. The Morgan fingerprint density at radius 1 is 1.14 bits per heavy atom. The van der Waals surface area contributed by atoms with Crippen molar-refractivity contribution in [2.75, 3.05) is 53.1 Å². The first-order chi connectivity index (χ1) is 17.9. The third-order valence-corrected chi connectivity index (χ3v) is 6.75. The zero-order valence-electron chi connectivity index (χ0n) is 21.4. The average Bonchev–Trinajstić information content (AvgIpc) is 3.17. The Morgan fingerprint density at radius 2 is 1.86 bits per heavy atom. The molecule has 0 saturated carbocycles. The van der Waals surface area contributed by atoms with Crippen LogP contribution in [0.15, 0.2) is 60.7 Å². The summed E-state index contributed by atoms with van der Waals surface area (Å²) in [6.07, 6.45) is 2.36. The Bertz CT molecular complexity index is 1170. The number of rotatable bonds is 10. The molecule has 196 valence electrons. The van der Waals surface area contributed by atoms with Gasteiger partial charge < -0.3 is 24.2 Å². The number of ketones is 1. The molecule has 2 aliphatic heterocycles. The summed E-state index contributed by atoms with van der Waals surface area (Å²) in [6, 6.07) is 11.7. The summed E-state index contributed by atoms with van der Waals surface area (Å²) in [5.41, 5.74) is 2.08. The van der Waals surface area contributed by atoms with E-state index in [0.717, 1.165) is 30.8 Å². The van der Waals surface area contributed by atoms with Crippen LogP contribution in [-0.2, 0) is 14.3 Å². The summed E-state index contributed by atoms with van der Waals surface area (Å²) in [7, 11) is 1.58. The number of aliphatic hydroxyl groups excluding tert-OH is 1. The van der Waals surface area contributed by atoms with Crippen molar-refractivity contribution >= 4 is 17.4 Å². The first kappa shape index (κ1) is 26.4. The first-order valence-electron chi connectivity index (χ1n) is 12.5. The summed E-state index contributed by atoms with van der Waals surface area (Å²) in [5.74, 6) is -0.165. The number of ether oxygens (including phenoxy) is 3. The van der Waals surface area contributed by atoms with E-state index in [1.165, 1.54) is 0 Å². The number of hydrogen-bond donors (Lipinski definition) is 1. The Kier molecular flexibility index (Phi) is 8.63. The number of aliphatic hydroxyl groups is 1. The van der Waals surface area contributed by atoms with Gasteiger partial charge in [0, 0.05) is 31.7 Å². The molecule has 0 aromatic heterocycles. The van der Waals surface area contributed by atoms with Crippen LogP contribution in [0.4, 0.5) is 0 Å². The van der Waals surface area contributed by atoms with Crippen molar-refractivity contribution in [1.82, 2.24) is 9.80 Å². The van der Waals surface area contributed by atoms with E-state index in [-0.39, 0.29) is 11.3 Å². The minimum Gasteiger partial charge on any atom is -0.507 e. The average molecular weight is 507 g/mol. The minimum absolute atomic E-state index is 0.0840. The Labute approximate surface area is 217 Å². The summed E-state index contributed by atoms with van der Waals surface area (Å²) in [4.78, 5) is 30.4. The van der Waals surface area contributed by atoms with Crippen molar-refractivity contribution in [3.8, 4) is 11.5 Å².